The van der Waals surface area contributed by atoms with E-state index in [1.54, 1.807) is 25.3 Å². The maximum Gasteiger partial charge on any atom is 0.276 e. The summed E-state index contributed by atoms with van der Waals surface area (Å²) in [4.78, 5) is 12.8. The molecule has 5 rings (SSSR count). The summed E-state index contributed by atoms with van der Waals surface area (Å²) >= 11 is 0. The molecular formula is C21H19N3O4. The molecule has 7 heteroatoms. The van der Waals surface area contributed by atoms with Crippen LogP contribution in [0.4, 0.5) is 5.69 Å². The van der Waals surface area contributed by atoms with Crippen LogP contribution in [-0.2, 0) is 0 Å². The van der Waals surface area contributed by atoms with E-state index in [9.17, 15) is 4.79 Å². The summed E-state index contributed by atoms with van der Waals surface area (Å²) in [5.41, 5.74) is 2.94. The van der Waals surface area contributed by atoms with E-state index in [2.05, 4.69) is 10.4 Å². The van der Waals surface area contributed by atoms with Crippen LogP contribution in [0.15, 0.2) is 48.5 Å². The molecule has 2 heterocycles. The Labute approximate surface area is 161 Å². The smallest absolute Gasteiger partial charge is 0.276 e. The van der Waals surface area contributed by atoms with E-state index >= 15 is 0 Å². The van der Waals surface area contributed by atoms with Gasteiger partial charge in [-0.1, -0.05) is 6.07 Å². The van der Waals surface area contributed by atoms with Gasteiger partial charge in [0.1, 0.15) is 5.75 Å². The highest BCUT2D eigenvalue weighted by molar-refractivity contribution is 6.03. The molecule has 142 valence electrons. The average molecular weight is 377 g/mol. The monoisotopic (exact) mass is 377 g/mol. The number of ether oxygens (including phenoxy) is 3. The van der Waals surface area contributed by atoms with Gasteiger partial charge in [-0.25, -0.2) is 4.68 Å². The summed E-state index contributed by atoms with van der Waals surface area (Å²) in [5, 5.41) is 7.47. The number of carbonyl (C=O) groups is 1. The predicted octanol–water partition coefficient (Wildman–Crippen LogP) is 3.74. The van der Waals surface area contributed by atoms with E-state index in [0.717, 1.165) is 30.0 Å². The van der Waals surface area contributed by atoms with E-state index in [4.69, 9.17) is 14.2 Å². The van der Waals surface area contributed by atoms with Gasteiger partial charge in [0, 0.05) is 29.4 Å². The molecule has 1 aliphatic heterocycles. The van der Waals surface area contributed by atoms with Crippen LogP contribution < -0.4 is 19.5 Å². The van der Waals surface area contributed by atoms with Gasteiger partial charge in [0.05, 0.1) is 12.8 Å². The zero-order chi connectivity index (χ0) is 19.1. The van der Waals surface area contributed by atoms with E-state index in [0.29, 0.717) is 28.8 Å². The van der Waals surface area contributed by atoms with Gasteiger partial charge in [-0.2, -0.15) is 5.10 Å². The average Bonchev–Trinajstić information content (AvgIpc) is 3.29. The van der Waals surface area contributed by atoms with Crippen molar-refractivity contribution in [3.8, 4) is 22.9 Å². The first-order valence-corrected chi connectivity index (χ1v) is 9.16. The van der Waals surface area contributed by atoms with Gasteiger partial charge in [0.2, 0.25) is 6.79 Å². The zero-order valence-electron chi connectivity index (χ0n) is 15.3. The lowest BCUT2D eigenvalue weighted by molar-refractivity contribution is 0.102. The Morgan fingerprint density at radius 1 is 1.14 bits per heavy atom. The first-order chi connectivity index (χ1) is 13.7. The number of carbonyl (C=O) groups excluding carboxylic acids is 1. The summed E-state index contributed by atoms with van der Waals surface area (Å²) in [6, 6.07) is 14.9. The normalized spacial score (nSPS) is 14.8. The van der Waals surface area contributed by atoms with Crippen molar-refractivity contribution in [2.45, 2.75) is 18.8 Å². The molecule has 3 aromatic rings. The number of anilines is 1. The summed E-state index contributed by atoms with van der Waals surface area (Å²) in [6.07, 6.45) is 2.22. The maximum atomic E-state index is 12.8. The van der Waals surface area contributed by atoms with Crippen molar-refractivity contribution in [2.24, 2.45) is 0 Å². The third-order valence-electron chi connectivity index (χ3n) is 4.89. The van der Waals surface area contributed by atoms with Gasteiger partial charge in [0.15, 0.2) is 17.2 Å². The Kier molecular flexibility index (Phi) is 3.93. The second kappa shape index (κ2) is 6.60. The van der Waals surface area contributed by atoms with Gasteiger partial charge in [-0.3, -0.25) is 4.79 Å². The van der Waals surface area contributed by atoms with Crippen molar-refractivity contribution in [1.82, 2.24) is 9.78 Å². The van der Waals surface area contributed by atoms with E-state index in [1.807, 2.05) is 35.0 Å². The van der Waals surface area contributed by atoms with Gasteiger partial charge < -0.3 is 19.5 Å². The standard InChI is InChI=1S/C21H19N3O4/c1-26-16-4-2-3-15(10-16)24-18(13-5-6-13)11-17(23-24)21(25)22-14-7-8-19-20(9-14)28-12-27-19/h2-4,7-11,13H,5-6,12H2,1H3,(H,22,25). The van der Waals surface area contributed by atoms with Crippen LogP contribution in [-0.4, -0.2) is 29.6 Å². The Bertz CT molecular complexity index is 1060. The number of nitrogens with zero attached hydrogens (tertiary/aromatic N) is 2. The molecule has 2 aliphatic rings. The van der Waals surface area contributed by atoms with E-state index in [1.165, 1.54) is 0 Å². The molecule has 0 unspecified atom stereocenters. The molecule has 1 aromatic heterocycles. The number of hydrogen-bond acceptors (Lipinski definition) is 5. The number of fused-ring (bicyclic) bond motifs is 1. The molecule has 1 N–H and O–H groups in total. The predicted molar refractivity (Wildman–Crippen MR) is 103 cm³/mol. The molecule has 1 saturated carbocycles. The second-order valence-electron chi connectivity index (χ2n) is 6.86. The topological polar surface area (TPSA) is 74.6 Å². The number of rotatable bonds is 5. The molecule has 28 heavy (non-hydrogen) atoms. The van der Waals surface area contributed by atoms with Gasteiger partial charge in [0.25, 0.3) is 5.91 Å². The number of methoxy groups -OCH3 is 1. The quantitative estimate of drug-likeness (QED) is 0.733. The molecule has 0 saturated heterocycles. The van der Waals surface area contributed by atoms with Crippen molar-refractivity contribution >= 4 is 11.6 Å². The van der Waals surface area contributed by atoms with Crippen LogP contribution in [0, 0.1) is 0 Å². The van der Waals surface area contributed by atoms with Crippen LogP contribution in [0.25, 0.3) is 5.69 Å². The van der Waals surface area contributed by atoms with Crippen LogP contribution >= 0.6 is 0 Å². The summed E-state index contributed by atoms with van der Waals surface area (Å²) in [7, 11) is 1.63. The highest BCUT2D eigenvalue weighted by Gasteiger charge is 2.30. The molecule has 1 aliphatic carbocycles. The van der Waals surface area contributed by atoms with Gasteiger partial charge in [-0.05, 0) is 43.2 Å². The first kappa shape index (κ1) is 16.7. The molecule has 2 aromatic carbocycles. The molecule has 0 atom stereocenters. The number of amides is 1. The fourth-order valence-electron chi connectivity index (χ4n) is 3.29. The zero-order valence-corrected chi connectivity index (χ0v) is 15.3. The molecule has 1 fully saturated rings. The largest absolute Gasteiger partial charge is 0.497 e. The van der Waals surface area contributed by atoms with E-state index in [-0.39, 0.29) is 12.7 Å². The highest BCUT2D eigenvalue weighted by atomic mass is 16.7. The molecule has 1 amide bonds. The van der Waals surface area contributed by atoms with Crippen molar-refractivity contribution in [3.63, 3.8) is 0 Å². The lowest BCUT2D eigenvalue weighted by Crippen LogP contribution is -2.13. The highest BCUT2D eigenvalue weighted by Crippen LogP contribution is 2.41. The molecule has 0 bridgehead atoms. The third-order valence-corrected chi connectivity index (χ3v) is 4.89. The van der Waals surface area contributed by atoms with Crippen LogP contribution in [0.5, 0.6) is 17.2 Å². The minimum Gasteiger partial charge on any atom is -0.497 e. The maximum absolute atomic E-state index is 12.8. The number of nitrogens with one attached hydrogen (secondary N) is 1. The minimum absolute atomic E-state index is 0.197. The van der Waals surface area contributed by atoms with Crippen molar-refractivity contribution in [1.29, 1.82) is 0 Å². The summed E-state index contributed by atoms with van der Waals surface area (Å²) < 4.78 is 17.8. The van der Waals surface area contributed by atoms with Crippen molar-refractivity contribution in [3.05, 3.63) is 59.9 Å². The Morgan fingerprint density at radius 2 is 2.00 bits per heavy atom. The fraction of sp³-hybridized carbons (Fsp3) is 0.238. The lowest BCUT2D eigenvalue weighted by atomic mass is 10.2. The summed E-state index contributed by atoms with van der Waals surface area (Å²) in [5.74, 6) is 2.23. The van der Waals surface area contributed by atoms with Crippen LogP contribution in [0.1, 0.15) is 34.9 Å². The molecular weight excluding hydrogens is 358 g/mol. The van der Waals surface area contributed by atoms with Gasteiger partial charge in [-0.15, -0.1) is 0 Å². The number of benzene rings is 2. The lowest BCUT2D eigenvalue weighted by Gasteiger charge is -2.08. The van der Waals surface area contributed by atoms with E-state index < -0.39 is 0 Å². The van der Waals surface area contributed by atoms with Crippen LogP contribution in [0.3, 0.4) is 0 Å². The second-order valence-corrected chi connectivity index (χ2v) is 6.86. The SMILES string of the molecule is COc1cccc(-n2nc(C(=O)Nc3ccc4c(c3)OCO4)cc2C2CC2)c1. The Balaban J connectivity index is 1.44. The van der Waals surface area contributed by atoms with Gasteiger partial charge >= 0.3 is 0 Å². The minimum atomic E-state index is -0.262. The third kappa shape index (κ3) is 3.05. The molecule has 0 radical (unpaired) electrons. The van der Waals surface area contributed by atoms with Crippen molar-refractivity contribution < 1.29 is 19.0 Å². The molecule has 0 spiro atoms. The van der Waals surface area contributed by atoms with Crippen molar-refractivity contribution in [2.75, 3.05) is 19.2 Å². The summed E-state index contributed by atoms with van der Waals surface area (Å²) in [6.45, 7) is 0.197. The number of aromatic nitrogens is 2. The Morgan fingerprint density at radius 3 is 2.82 bits per heavy atom. The first-order valence-electron chi connectivity index (χ1n) is 9.16. The number of hydrogen-bond donors (Lipinski definition) is 1. The Hall–Kier alpha value is -3.48. The van der Waals surface area contributed by atoms with Crippen LogP contribution in [0.2, 0.25) is 0 Å². The molecule has 7 nitrogen and oxygen atoms in total. The fourth-order valence-corrected chi connectivity index (χ4v) is 3.29.